The number of halogens is 2. The number of rotatable bonds is 5. The predicted octanol–water partition coefficient (Wildman–Crippen LogP) is 5.36. The quantitative estimate of drug-likeness (QED) is 0.369. The smallest absolute Gasteiger partial charge is 0.235 e. The van der Waals surface area contributed by atoms with Crippen LogP contribution in [-0.2, 0) is 4.74 Å². The Morgan fingerprint density at radius 1 is 1.14 bits per heavy atom. The van der Waals surface area contributed by atoms with E-state index in [1.165, 1.54) is 26.0 Å². The summed E-state index contributed by atoms with van der Waals surface area (Å²) < 4.78 is 28.5. The van der Waals surface area contributed by atoms with Gasteiger partial charge in [0, 0.05) is 34.9 Å². The number of benzene rings is 1. The van der Waals surface area contributed by atoms with Gasteiger partial charge in [-0.2, -0.15) is 5.10 Å². The van der Waals surface area contributed by atoms with Gasteiger partial charge in [-0.05, 0) is 50.8 Å². The predicted molar refractivity (Wildman–Crippen MR) is 128 cm³/mol. The number of hydrogen-bond donors (Lipinski definition) is 0. The molecule has 0 amide bonds. The molecular weight excluding hydrogens is 471 g/mol. The highest BCUT2D eigenvalue weighted by atomic mass is 35.5. The molecule has 2 fully saturated rings. The van der Waals surface area contributed by atoms with Gasteiger partial charge in [0.2, 0.25) is 5.88 Å². The zero-order valence-corrected chi connectivity index (χ0v) is 20.2. The molecule has 180 valence electrons. The van der Waals surface area contributed by atoms with Crippen LogP contribution in [0.2, 0.25) is 5.02 Å². The van der Waals surface area contributed by atoms with Crippen LogP contribution in [0.1, 0.15) is 60.8 Å². The van der Waals surface area contributed by atoms with Crippen molar-refractivity contribution in [3.63, 3.8) is 0 Å². The number of fused-ring (bicyclic) bond motifs is 1. The molecule has 8 nitrogen and oxygen atoms in total. The minimum Gasteiger partial charge on any atom is -0.480 e. The summed E-state index contributed by atoms with van der Waals surface area (Å²) in [6.07, 6.45) is 7.69. The van der Waals surface area contributed by atoms with E-state index in [4.69, 9.17) is 31.0 Å². The number of ether oxygens (including phenoxy) is 2. The zero-order chi connectivity index (χ0) is 24.1. The lowest BCUT2D eigenvalue weighted by atomic mass is 9.92. The van der Waals surface area contributed by atoms with Crippen LogP contribution in [0.15, 0.2) is 30.6 Å². The Kier molecular flexibility index (Phi) is 5.61. The highest BCUT2D eigenvalue weighted by molar-refractivity contribution is 6.30. The van der Waals surface area contributed by atoms with Gasteiger partial charge in [-0.3, -0.25) is 4.68 Å². The number of hydrogen-bond acceptors (Lipinski definition) is 7. The number of methoxy groups -OCH3 is 1. The first-order chi connectivity index (χ1) is 17.0. The average Bonchev–Trinajstić information content (AvgIpc) is 3.59. The number of aryl methyl sites for hydroxylation is 1. The maximum atomic E-state index is 15.0. The van der Waals surface area contributed by atoms with Gasteiger partial charge in [0.1, 0.15) is 28.5 Å². The van der Waals surface area contributed by atoms with Gasteiger partial charge < -0.3 is 9.47 Å². The van der Waals surface area contributed by atoms with E-state index in [0.29, 0.717) is 58.3 Å². The molecular formula is C25H24ClFN6O2. The van der Waals surface area contributed by atoms with E-state index in [1.807, 2.05) is 10.9 Å². The summed E-state index contributed by atoms with van der Waals surface area (Å²) in [5, 5.41) is 4.82. The normalized spacial score (nSPS) is 20.3. The molecule has 35 heavy (non-hydrogen) atoms. The Morgan fingerprint density at radius 2 is 2.00 bits per heavy atom. The molecule has 0 unspecified atom stereocenters. The van der Waals surface area contributed by atoms with Gasteiger partial charge in [-0.25, -0.2) is 24.3 Å². The van der Waals surface area contributed by atoms with Gasteiger partial charge in [0.25, 0.3) is 0 Å². The molecule has 0 spiro atoms. The molecule has 0 bridgehead atoms. The molecule has 1 saturated heterocycles. The maximum Gasteiger partial charge on any atom is 0.235 e. The van der Waals surface area contributed by atoms with Crippen molar-refractivity contribution in [1.29, 1.82) is 0 Å². The lowest BCUT2D eigenvalue weighted by Crippen LogP contribution is -2.20. The third-order valence-electron chi connectivity index (χ3n) is 6.62. The van der Waals surface area contributed by atoms with Gasteiger partial charge in [0.15, 0.2) is 5.65 Å². The Balaban J connectivity index is 1.42. The lowest BCUT2D eigenvalue weighted by molar-refractivity contribution is 0.00396. The van der Waals surface area contributed by atoms with Crippen molar-refractivity contribution in [1.82, 2.24) is 29.7 Å². The maximum absolute atomic E-state index is 15.0. The highest BCUT2D eigenvalue weighted by Crippen LogP contribution is 2.40. The van der Waals surface area contributed by atoms with Crippen molar-refractivity contribution in [3.05, 3.63) is 58.5 Å². The minimum atomic E-state index is -0.484. The molecule has 0 radical (unpaired) electrons. The fraction of sp³-hybridized carbons (Fsp3) is 0.400. The molecule has 0 N–H and O–H groups in total. The third kappa shape index (κ3) is 4.23. The van der Waals surface area contributed by atoms with Crippen LogP contribution < -0.4 is 4.74 Å². The molecule has 10 heteroatoms. The van der Waals surface area contributed by atoms with Crippen molar-refractivity contribution < 1.29 is 13.9 Å². The van der Waals surface area contributed by atoms with Crippen LogP contribution in [0, 0.1) is 12.7 Å². The van der Waals surface area contributed by atoms with E-state index < -0.39 is 5.82 Å². The zero-order valence-electron chi connectivity index (χ0n) is 19.4. The van der Waals surface area contributed by atoms with E-state index in [0.717, 1.165) is 12.0 Å². The van der Waals surface area contributed by atoms with E-state index >= 15 is 4.39 Å². The summed E-state index contributed by atoms with van der Waals surface area (Å²) in [6, 6.07) is 5.03. The van der Waals surface area contributed by atoms with Crippen LogP contribution in [-0.4, -0.2) is 43.4 Å². The Hall–Kier alpha value is -3.17. The van der Waals surface area contributed by atoms with Crippen LogP contribution in [0.5, 0.6) is 5.88 Å². The summed E-state index contributed by atoms with van der Waals surface area (Å²) in [5.41, 5.74) is 3.11. The topological polar surface area (TPSA) is 87.8 Å². The second-order valence-corrected chi connectivity index (χ2v) is 9.55. The van der Waals surface area contributed by atoms with Crippen LogP contribution in [0.25, 0.3) is 22.4 Å². The standard InChI is InChI=1S/C25H24ClFN6O2/c1-13-25(34-2)31-22-21(18-6-3-16(26)10-19(18)27)30-23(32-24(22)29-13)14-7-8-35-20(9-14)15-11-28-33(12-15)17-4-5-17/h3,6,10-12,14,17,20H,4-5,7-9H2,1-2H3/t14-,20-/m0/s1. The first kappa shape index (κ1) is 22.3. The summed E-state index contributed by atoms with van der Waals surface area (Å²) in [7, 11) is 1.52. The Morgan fingerprint density at radius 3 is 2.77 bits per heavy atom. The van der Waals surface area contributed by atoms with Crippen molar-refractivity contribution in [2.45, 2.75) is 50.7 Å². The summed E-state index contributed by atoms with van der Waals surface area (Å²) in [6.45, 7) is 2.38. The first-order valence-corrected chi connectivity index (χ1v) is 12.1. The number of aromatic nitrogens is 6. The molecule has 1 aliphatic carbocycles. The van der Waals surface area contributed by atoms with E-state index in [1.54, 1.807) is 19.1 Å². The number of nitrogens with zero attached hydrogens (tertiary/aromatic N) is 6. The molecule has 1 aliphatic heterocycles. The lowest BCUT2D eigenvalue weighted by Gasteiger charge is -2.28. The van der Waals surface area contributed by atoms with E-state index in [-0.39, 0.29) is 17.6 Å². The van der Waals surface area contributed by atoms with Gasteiger partial charge in [0.05, 0.1) is 25.5 Å². The molecule has 1 aromatic carbocycles. The van der Waals surface area contributed by atoms with Crippen LogP contribution in [0.4, 0.5) is 4.39 Å². The molecule has 4 aromatic rings. The van der Waals surface area contributed by atoms with Gasteiger partial charge in [-0.1, -0.05) is 11.6 Å². The second-order valence-electron chi connectivity index (χ2n) is 9.11. The largest absolute Gasteiger partial charge is 0.480 e. The fourth-order valence-corrected chi connectivity index (χ4v) is 4.76. The van der Waals surface area contributed by atoms with Crippen molar-refractivity contribution in [2.75, 3.05) is 13.7 Å². The summed E-state index contributed by atoms with van der Waals surface area (Å²) >= 11 is 6.00. The minimum absolute atomic E-state index is 0.0146. The van der Waals surface area contributed by atoms with Crippen molar-refractivity contribution in [3.8, 4) is 17.1 Å². The van der Waals surface area contributed by atoms with E-state index in [2.05, 4.69) is 21.3 Å². The molecule has 3 aromatic heterocycles. The summed E-state index contributed by atoms with van der Waals surface area (Å²) in [5.74, 6) is 0.481. The van der Waals surface area contributed by atoms with E-state index in [9.17, 15) is 0 Å². The van der Waals surface area contributed by atoms with Crippen LogP contribution >= 0.6 is 11.6 Å². The molecule has 1 saturated carbocycles. The van der Waals surface area contributed by atoms with Gasteiger partial charge in [-0.15, -0.1) is 0 Å². The highest BCUT2D eigenvalue weighted by Gasteiger charge is 2.31. The average molecular weight is 495 g/mol. The van der Waals surface area contributed by atoms with Crippen LogP contribution in [0.3, 0.4) is 0 Å². The second kappa shape index (κ2) is 8.80. The fourth-order valence-electron chi connectivity index (χ4n) is 4.60. The Labute approximate surface area is 206 Å². The molecule has 2 aliphatic rings. The van der Waals surface area contributed by atoms with Crippen molar-refractivity contribution in [2.24, 2.45) is 0 Å². The third-order valence-corrected chi connectivity index (χ3v) is 6.86. The molecule has 4 heterocycles. The van der Waals surface area contributed by atoms with Crippen molar-refractivity contribution >= 4 is 22.8 Å². The monoisotopic (exact) mass is 494 g/mol. The Bertz CT molecular complexity index is 1420. The molecule has 2 atom stereocenters. The summed E-state index contributed by atoms with van der Waals surface area (Å²) in [4.78, 5) is 18.8. The first-order valence-electron chi connectivity index (χ1n) is 11.7. The van der Waals surface area contributed by atoms with Gasteiger partial charge >= 0.3 is 0 Å². The SMILES string of the molecule is COc1nc2c(-c3ccc(Cl)cc3F)nc([C@H]3CCO[C@H](c4cnn(C5CC5)c4)C3)nc2nc1C. The molecule has 6 rings (SSSR count).